The van der Waals surface area contributed by atoms with Gasteiger partial charge in [-0.25, -0.2) is 23.4 Å². The molecule has 4 heterocycles. The Labute approximate surface area is 196 Å². The minimum Gasteiger partial charge on any atom is -0.352 e. The molecule has 1 saturated heterocycles. The molecule has 3 aromatic heterocycles. The fourth-order valence-electron chi connectivity index (χ4n) is 4.56. The molecule has 0 bridgehead atoms. The van der Waals surface area contributed by atoms with Crippen LogP contribution in [0.2, 0.25) is 0 Å². The molecule has 0 spiro atoms. The van der Waals surface area contributed by atoms with Crippen molar-refractivity contribution < 1.29 is 8.42 Å². The number of anilines is 2. The number of aryl methyl sites for hydroxylation is 1. The summed E-state index contributed by atoms with van der Waals surface area (Å²) < 4.78 is 30.3. The van der Waals surface area contributed by atoms with E-state index in [1.807, 2.05) is 17.8 Å². The first-order chi connectivity index (χ1) is 16.4. The van der Waals surface area contributed by atoms with E-state index < -0.39 is 15.6 Å². The van der Waals surface area contributed by atoms with Crippen LogP contribution in [0.5, 0.6) is 0 Å². The van der Waals surface area contributed by atoms with Crippen LogP contribution in [0.15, 0.2) is 41.8 Å². The summed E-state index contributed by atoms with van der Waals surface area (Å²) >= 11 is 0. The number of nitrogens with one attached hydrogen (secondary N) is 2. The average Bonchev–Trinajstić information content (AvgIpc) is 3.30. The summed E-state index contributed by atoms with van der Waals surface area (Å²) in [4.78, 5) is 21.3. The van der Waals surface area contributed by atoms with Gasteiger partial charge in [-0.3, -0.25) is 0 Å². The Morgan fingerprint density at radius 1 is 1.12 bits per heavy atom. The maximum absolute atomic E-state index is 12.8. The third-order valence-corrected chi connectivity index (χ3v) is 8.14. The normalized spacial score (nSPS) is 17.9. The van der Waals surface area contributed by atoms with Crippen LogP contribution in [0.1, 0.15) is 12.8 Å². The van der Waals surface area contributed by atoms with E-state index in [4.69, 9.17) is 0 Å². The number of hydrogen-bond acceptors (Lipinski definition) is 8. The zero-order chi connectivity index (χ0) is 23.5. The zero-order valence-electron chi connectivity index (χ0n) is 18.6. The van der Waals surface area contributed by atoms with Crippen LogP contribution >= 0.6 is 0 Å². The Morgan fingerprint density at radius 2 is 1.88 bits per heavy atom. The predicted molar refractivity (Wildman–Crippen MR) is 127 cm³/mol. The van der Waals surface area contributed by atoms with Crippen molar-refractivity contribution in [3.63, 3.8) is 0 Å². The lowest BCUT2D eigenvalue weighted by Crippen LogP contribution is -2.47. The van der Waals surface area contributed by atoms with Gasteiger partial charge in [0.2, 0.25) is 16.0 Å². The monoisotopic (exact) mass is 477 g/mol. The highest BCUT2D eigenvalue weighted by Gasteiger charge is 2.46. The van der Waals surface area contributed by atoms with Gasteiger partial charge < -0.3 is 19.4 Å². The lowest BCUT2D eigenvalue weighted by molar-refractivity contribution is 0.571. The van der Waals surface area contributed by atoms with E-state index >= 15 is 0 Å². The van der Waals surface area contributed by atoms with Crippen molar-refractivity contribution in [3.8, 4) is 6.07 Å². The smallest absolute Gasteiger partial charge is 0.242 e. The zero-order valence-corrected chi connectivity index (χ0v) is 19.4. The third-order valence-electron chi connectivity index (χ3n) is 6.60. The first-order valence-electron chi connectivity index (χ1n) is 11.1. The van der Waals surface area contributed by atoms with Crippen molar-refractivity contribution in [3.05, 3.63) is 36.9 Å². The third kappa shape index (κ3) is 3.36. The van der Waals surface area contributed by atoms with Crippen LogP contribution in [-0.4, -0.2) is 64.6 Å². The van der Waals surface area contributed by atoms with Crippen molar-refractivity contribution in [1.29, 1.82) is 5.26 Å². The summed E-state index contributed by atoms with van der Waals surface area (Å²) in [6.07, 6.45) is 6.33. The number of piperazine rings is 1. The molecule has 1 aromatic carbocycles. The maximum Gasteiger partial charge on any atom is 0.242 e. The summed E-state index contributed by atoms with van der Waals surface area (Å²) in [5, 5.41) is 11.0. The Balaban J connectivity index is 1.32. The molecule has 11 nitrogen and oxygen atoms in total. The van der Waals surface area contributed by atoms with E-state index in [0.29, 0.717) is 24.0 Å². The highest BCUT2D eigenvalue weighted by molar-refractivity contribution is 7.89. The van der Waals surface area contributed by atoms with Crippen molar-refractivity contribution in [1.82, 2.24) is 29.2 Å². The predicted octanol–water partition coefficient (Wildman–Crippen LogP) is 1.51. The molecular formula is C22H23N9O2S. The molecule has 1 saturated carbocycles. The lowest BCUT2D eigenvalue weighted by atomic mass is 10.2. The van der Waals surface area contributed by atoms with E-state index in [-0.39, 0.29) is 4.90 Å². The van der Waals surface area contributed by atoms with E-state index in [1.54, 1.807) is 24.4 Å². The minimum atomic E-state index is -3.81. The quantitative estimate of drug-likeness (QED) is 0.441. The van der Waals surface area contributed by atoms with Crippen molar-refractivity contribution >= 4 is 43.7 Å². The van der Waals surface area contributed by atoms with Crippen LogP contribution < -0.4 is 14.5 Å². The van der Waals surface area contributed by atoms with Gasteiger partial charge in [-0.15, -0.1) is 0 Å². The Hall–Kier alpha value is -3.69. The van der Waals surface area contributed by atoms with Crippen molar-refractivity contribution in [2.45, 2.75) is 23.3 Å². The molecule has 0 radical (unpaired) electrons. The molecule has 174 valence electrons. The minimum absolute atomic E-state index is 0.117. The number of nitrogens with zero attached hydrogens (tertiary/aromatic N) is 7. The summed E-state index contributed by atoms with van der Waals surface area (Å²) in [5.41, 5.74) is 0.349. The van der Waals surface area contributed by atoms with Crippen LogP contribution in [-0.2, 0) is 17.1 Å². The number of fused-ring (bicyclic) bond motifs is 3. The number of H-pyrrole nitrogens is 1. The number of benzene rings is 1. The molecule has 1 aliphatic heterocycles. The first-order valence-corrected chi connectivity index (χ1v) is 12.6. The molecule has 0 unspecified atom stereocenters. The second-order valence-corrected chi connectivity index (χ2v) is 10.5. The maximum atomic E-state index is 12.8. The number of imidazole rings is 1. The van der Waals surface area contributed by atoms with Crippen LogP contribution in [0.4, 0.5) is 11.8 Å². The fraction of sp³-hybridized carbons (Fsp3) is 0.364. The second kappa shape index (κ2) is 7.41. The first kappa shape index (κ1) is 20.9. The number of aromatic nitrogens is 5. The van der Waals surface area contributed by atoms with Gasteiger partial charge in [-0.05, 0) is 25.0 Å². The van der Waals surface area contributed by atoms with Crippen LogP contribution in [0.3, 0.4) is 0 Å². The Bertz CT molecular complexity index is 1550. The SMILES string of the molecule is Cn1ccnc1N1CCN(c2ncnc3[nH]c4cc(S(=O)(=O)NC5(C#N)CC5)ccc4c23)CC1. The van der Waals surface area contributed by atoms with Crippen molar-refractivity contribution in [2.24, 2.45) is 7.05 Å². The molecule has 0 atom stereocenters. The lowest BCUT2D eigenvalue weighted by Gasteiger charge is -2.36. The van der Waals surface area contributed by atoms with E-state index in [9.17, 15) is 13.7 Å². The van der Waals surface area contributed by atoms with Gasteiger partial charge in [0.1, 0.15) is 23.3 Å². The molecule has 2 N–H and O–H groups in total. The van der Waals surface area contributed by atoms with Crippen LogP contribution in [0.25, 0.3) is 21.9 Å². The van der Waals surface area contributed by atoms with E-state index in [1.165, 1.54) is 6.33 Å². The van der Waals surface area contributed by atoms with Gasteiger partial charge >= 0.3 is 0 Å². The number of rotatable bonds is 5. The molecule has 2 aliphatic rings. The Morgan fingerprint density at radius 3 is 2.56 bits per heavy atom. The van der Waals surface area contributed by atoms with Gasteiger partial charge in [-0.1, -0.05) is 6.07 Å². The van der Waals surface area contributed by atoms with Crippen LogP contribution in [0, 0.1) is 11.3 Å². The van der Waals surface area contributed by atoms with Gasteiger partial charge in [-0.2, -0.15) is 9.98 Å². The van der Waals surface area contributed by atoms with Gasteiger partial charge in [0, 0.05) is 56.5 Å². The molecule has 0 amide bonds. The van der Waals surface area contributed by atoms with Gasteiger partial charge in [0.05, 0.1) is 16.4 Å². The highest BCUT2D eigenvalue weighted by Crippen LogP contribution is 2.37. The number of hydrogen-bond donors (Lipinski definition) is 2. The summed E-state index contributed by atoms with van der Waals surface area (Å²) in [7, 11) is -1.82. The summed E-state index contributed by atoms with van der Waals surface area (Å²) in [5.74, 6) is 1.78. The molecule has 4 aromatic rings. The molecule has 12 heteroatoms. The standard InChI is InChI=1S/C22H23N9O2S/c1-29-7-6-24-21(29)31-10-8-30(9-11-31)20-18-16-3-2-15(12-17(16)27-19(18)25-14-26-20)34(32,33)28-22(13-23)4-5-22/h2-3,6-7,12,14,28H,4-5,8-11H2,1H3,(H,25,26,27). The molecule has 2 fully saturated rings. The van der Waals surface area contributed by atoms with Gasteiger partial charge in [0.25, 0.3) is 0 Å². The number of nitriles is 1. The summed E-state index contributed by atoms with van der Waals surface area (Å²) in [6, 6.07) is 7.01. The van der Waals surface area contributed by atoms with Gasteiger partial charge in [0.15, 0.2) is 0 Å². The molecule has 34 heavy (non-hydrogen) atoms. The van der Waals surface area contributed by atoms with E-state index in [0.717, 1.165) is 48.7 Å². The molecule has 1 aliphatic carbocycles. The average molecular weight is 478 g/mol. The molecule has 6 rings (SSSR count). The number of sulfonamides is 1. The topological polar surface area (TPSA) is 136 Å². The van der Waals surface area contributed by atoms with Crippen molar-refractivity contribution in [2.75, 3.05) is 36.0 Å². The second-order valence-electron chi connectivity index (χ2n) is 8.86. The Kier molecular flexibility index (Phi) is 4.55. The van der Waals surface area contributed by atoms with E-state index in [2.05, 4.69) is 40.5 Å². The molecular weight excluding hydrogens is 454 g/mol. The fourth-order valence-corrected chi connectivity index (χ4v) is 5.96. The highest BCUT2D eigenvalue weighted by atomic mass is 32.2. The largest absolute Gasteiger partial charge is 0.352 e. The number of aromatic amines is 1. The summed E-state index contributed by atoms with van der Waals surface area (Å²) in [6.45, 7) is 3.18.